The predicted octanol–water partition coefficient (Wildman–Crippen LogP) is 6.51. The van der Waals surface area contributed by atoms with Gasteiger partial charge in [0, 0.05) is 17.2 Å². The molecule has 0 bridgehead atoms. The van der Waals surface area contributed by atoms with Crippen molar-refractivity contribution in [3.63, 3.8) is 0 Å². The summed E-state index contributed by atoms with van der Waals surface area (Å²) >= 11 is 1.53. The molecule has 0 unspecified atom stereocenters. The molecule has 0 spiro atoms. The van der Waals surface area contributed by atoms with Crippen molar-refractivity contribution in [2.45, 2.75) is 16.7 Å². The first-order valence-electron chi connectivity index (χ1n) is 7.64. The van der Waals surface area contributed by atoms with E-state index in [2.05, 4.69) is 9.98 Å². The van der Waals surface area contributed by atoms with Gasteiger partial charge in [-0.15, -0.1) is 11.8 Å². The van der Waals surface area contributed by atoms with Crippen molar-refractivity contribution in [3.8, 4) is 0 Å². The van der Waals surface area contributed by atoms with E-state index in [1.54, 1.807) is 26.4 Å². The van der Waals surface area contributed by atoms with Crippen molar-refractivity contribution in [1.29, 1.82) is 0 Å². The van der Waals surface area contributed by atoms with Crippen LogP contribution in [0.4, 0.5) is 30.8 Å². The van der Waals surface area contributed by atoms with E-state index in [4.69, 9.17) is 0 Å². The van der Waals surface area contributed by atoms with Crippen molar-refractivity contribution in [1.82, 2.24) is 9.47 Å². The minimum Gasteiger partial charge on any atom is -0.248 e. The quantitative estimate of drug-likeness (QED) is 0.326. The third-order valence-electron chi connectivity index (χ3n) is 4.03. The number of amidine groups is 1. The molecule has 0 atom stereocenters. The van der Waals surface area contributed by atoms with Gasteiger partial charge in [-0.05, 0) is 30.0 Å². The molecule has 10 heteroatoms. The molecular formula is C16H17F5N3S2+. The van der Waals surface area contributed by atoms with Gasteiger partial charge in [-0.25, -0.2) is 9.47 Å². The number of quaternary nitrogens is 1. The minimum absolute atomic E-state index is 0.0181. The summed E-state index contributed by atoms with van der Waals surface area (Å²) in [6.45, 7) is 1.97. The first-order valence-corrected chi connectivity index (χ1v) is 10.6. The van der Waals surface area contributed by atoms with Gasteiger partial charge in [-0.1, -0.05) is 26.4 Å². The van der Waals surface area contributed by atoms with Crippen LogP contribution in [0.5, 0.6) is 0 Å². The van der Waals surface area contributed by atoms with E-state index in [-0.39, 0.29) is 10.2 Å². The normalized spacial score (nSPS) is 18.7. The van der Waals surface area contributed by atoms with Crippen molar-refractivity contribution < 1.29 is 19.4 Å². The molecule has 0 radical (unpaired) electrons. The van der Waals surface area contributed by atoms with E-state index < -0.39 is 15.1 Å². The molecule has 3 nitrogen and oxygen atoms in total. The highest BCUT2D eigenvalue weighted by Gasteiger charge is 2.65. The lowest BCUT2D eigenvalue weighted by Crippen LogP contribution is -2.45. The van der Waals surface area contributed by atoms with Crippen molar-refractivity contribution in [3.05, 3.63) is 42.2 Å². The van der Waals surface area contributed by atoms with Crippen LogP contribution in [-0.4, -0.2) is 30.7 Å². The average Bonchev–Trinajstić information content (AvgIpc) is 2.77. The molecule has 0 fully saturated rings. The number of rotatable bonds is 4. The summed E-state index contributed by atoms with van der Waals surface area (Å²) in [4.78, 5) is 7.48. The number of nitrogens with zero attached hydrogens (tertiary/aromatic N) is 3. The van der Waals surface area contributed by atoms with Crippen LogP contribution in [0.3, 0.4) is 0 Å². The molecule has 1 aromatic carbocycles. The summed E-state index contributed by atoms with van der Waals surface area (Å²) in [6.07, 6.45) is 1.57. The lowest BCUT2D eigenvalue weighted by molar-refractivity contribution is 0.364. The second-order valence-electron chi connectivity index (χ2n) is 6.29. The zero-order valence-electron chi connectivity index (χ0n) is 14.2. The van der Waals surface area contributed by atoms with Crippen LogP contribution in [0.1, 0.15) is 12.6 Å². The topological polar surface area (TPSA) is 25.2 Å². The Kier molecular flexibility index (Phi) is 3.83. The van der Waals surface area contributed by atoms with Crippen LogP contribution in [0.15, 0.2) is 51.3 Å². The van der Waals surface area contributed by atoms with Gasteiger partial charge in [-0.3, -0.25) is 0 Å². The second kappa shape index (κ2) is 5.20. The van der Waals surface area contributed by atoms with Crippen LogP contribution < -0.4 is 4.48 Å². The zero-order chi connectivity index (χ0) is 19.4. The summed E-state index contributed by atoms with van der Waals surface area (Å²) in [5.74, 6) is 1.19. The van der Waals surface area contributed by atoms with E-state index in [0.29, 0.717) is 29.3 Å². The van der Waals surface area contributed by atoms with Crippen LogP contribution >= 0.6 is 22.0 Å². The molecule has 0 aliphatic carbocycles. The number of hydrogen-bond acceptors (Lipinski definition) is 3. The molecule has 142 valence electrons. The Labute approximate surface area is 152 Å². The predicted molar refractivity (Wildman–Crippen MR) is 98.3 cm³/mol. The van der Waals surface area contributed by atoms with E-state index in [1.807, 2.05) is 13.0 Å². The average molecular weight is 410 g/mol. The maximum Gasteiger partial charge on any atom is 0.310 e. The molecule has 1 aliphatic heterocycles. The Bertz CT molecular complexity index is 924. The first-order chi connectivity index (χ1) is 11.7. The largest absolute Gasteiger partial charge is 0.310 e. The summed E-state index contributed by atoms with van der Waals surface area (Å²) in [7, 11) is -6.29. The fourth-order valence-corrected chi connectivity index (χ4v) is 4.23. The molecule has 0 saturated carbocycles. The standard InChI is InChI=1S/C16H17F5N3S2/c1-4-25-14-6-5-9-22-15(14)16-23-12-10-11(26(17,18,19,20)21)7-8-13(12)24(16,2)3/h5-10H,4H2,1-3H3/q+1. The lowest BCUT2D eigenvalue weighted by atomic mass is 10.2. The van der Waals surface area contributed by atoms with Crippen LogP contribution in [0, 0.1) is 0 Å². The monoisotopic (exact) mass is 410 g/mol. The molecule has 1 aromatic heterocycles. The molecule has 0 amide bonds. The third kappa shape index (κ3) is 3.33. The Balaban J connectivity index is 2.18. The maximum absolute atomic E-state index is 13.1. The van der Waals surface area contributed by atoms with Gasteiger partial charge in [-0.2, -0.15) is 4.99 Å². The number of benzene rings is 1. The highest BCUT2D eigenvalue weighted by Crippen LogP contribution is 3.02. The molecule has 3 rings (SSSR count). The Hall–Kier alpha value is -1.65. The molecule has 2 heterocycles. The van der Waals surface area contributed by atoms with Gasteiger partial charge in [0.05, 0.1) is 14.1 Å². The van der Waals surface area contributed by atoms with Gasteiger partial charge in [0.2, 0.25) is 0 Å². The fourth-order valence-electron chi connectivity index (χ4n) is 2.81. The Morgan fingerprint density at radius 3 is 2.38 bits per heavy atom. The van der Waals surface area contributed by atoms with E-state index in [0.717, 1.165) is 16.7 Å². The summed E-state index contributed by atoms with van der Waals surface area (Å²) in [5.41, 5.74) is 0.826. The number of aliphatic imine (C=N–C) groups is 1. The minimum atomic E-state index is -9.76. The fraction of sp³-hybridized carbons (Fsp3) is 0.250. The third-order valence-corrected chi connectivity index (χ3v) is 6.11. The van der Waals surface area contributed by atoms with Crippen molar-refractivity contribution >= 4 is 39.2 Å². The Morgan fingerprint density at radius 1 is 1.08 bits per heavy atom. The van der Waals surface area contributed by atoms with E-state index >= 15 is 0 Å². The summed E-state index contributed by atoms with van der Waals surface area (Å²) in [6, 6.07) is 5.53. The molecule has 2 aromatic rings. The van der Waals surface area contributed by atoms with Crippen molar-refractivity contribution in [2.24, 2.45) is 4.99 Å². The zero-order valence-corrected chi connectivity index (χ0v) is 15.9. The van der Waals surface area contributed by atoms with E-state index in [9.17, 15) is 19.4 Å². The molecule has 0 saturated heterocycles. The highest BCUT2D eigenvalue weighted by atomic mass is 32.5. The smallest absolute Gasteiger partial charge is 0.248 e. The lowest BCUT2D eigenvalue weighted by Gasteiger charge is -2.40. The van der Waals surface area contributed by atoms with E-state index in [1.165, 1.54) is 11.8 Å². The second-order valence-corrected chi connectivity index (χ2v) is 10.0. The van der Waals surface area contributed by atoms with Crippen molar-refractivity contribution in [2.75, 3.05) is 19.8 Å². The number of fused-ring (bicyclic) bond motifs is 1. The van der Waals surface area contributed by atoms with Crippen LogP contribution in [-0.2, 0) is 0 Å². The Morgan fingerprint density at radius 2 is 1.77 bits per heavy atom. The van der Waals surface area contributed by atoms with Gasteiger partial charge in [0.25, 0.3) is 5.84 Å². The number of pyridine rings is 1. The maximum atomic E-state index is 13.1. The van der Waals surface area contributed by atoms with Gasteiger partial charge < -0.3 is 0 Å². The van der Waals surface area contributed by atoms with Gasteiger partial charge in [0.15, 0.2) is 11.4 Å². The molecule has 1 aliphatic rings. The van der Waals surface area contributed by atoms with Gasteiger partial charge in [0.1, 0.15) is 10.6 Å². The summed E-state index contributed by atoms with van der Waals surface area (Å²) in [5, 5.41) is 0. The number of thioether (sulfide) groups is 1. The summed E-state index contributed by atoms with van der Waals surface area (Å²) < 4.78 is 65.6. The molecule has 26 heavy (non-hydrogen) atoms. The molecule has 0 N–H and O–H groups in total. The number of aromatic nitrogens is 1. The number of hydrogen-bond donors (Lipinski definition) is 0. The first kappa shape index (κ1) is 19.1. The number of halogens is 5. The van der Waals surface area contributed by atoms with Crippen LogP contribution in [0.2, 0.25) is 0 Å². The highest BCUT2D eigenvalue weighted by molar-refractivity contribution is 8.45. The molecular weight excluding hydrogens is 393 g/mol. The van der Waals surface area contributed by atoms with Crippen LogP contribution in [0.25, 0.3) is 0 Å². The van der Waals surface area contributed by atoms with Gasteiger partial charge >= 0.3 is 10.2 Å². The SMILES string of the molecule is CCSc1cccnc1C1=Nc2cc(S(F)(F)(F)(F)F)ccc2[N+]1(C)C.